The van der Waals surface area contributed by atoms with Gasteiger partial charge in [0.05, 0.1) is 23.7 Å². The van der Waals surface area contributed by atoms with Crippen LogP contribution in [-0.4, -0.2) is 36.1 Å². The number of ether oxygens (including phenoxy) is 1. The second kappa shape index (κ2) is 7.37. The zero-order chi connectivity index (χ0) is 20.7. The number of carbonyl (C=O) groups is 1. The van der Waals surface area contributed by atoms with Crippen LogP contribution in [0.5, 0.6) is 0 Å². The third-order valence-corrected chi connectivity index (χ3v) is 5.12. The topological polar surface area (TPSA) is 68.5 Å². The van der Waals surface area contributed by atoms with E-state index in [-0.39, 0.29) is 6.04 Å². The molecule has 0 fully saturated rings. The molecule has 0 spiro atoms. The van der Waals surface area contributed by atoms with Crippen molar-refractivity contribution in [1.82, 2.24) is 9.97 Å². The van der Waals surface area contributed by atoms with Gasteiger partial charge < -0.3 is 14.1 Å². The number of halogens is 1. The molecule has 7 heteroatoms. The maximum absolute atomic E-state index is 11.9. The first-order valence-electron chi connectivity index (χ1n) is 9.20. The molecule has 0 atom stereocenters. The minimum absolute atomic E-state index is 0.183. The van der Waals surface area contributed by atoms with E-state index in [4.69, 9.17) is 30.7 Å². The Hall–Kier alpha value is -3.12. The Morgan fingerprint density at radius 1 is 1.10 bits per heavy atom. The molecule has 0 radical (unpaired) electrons. The average Bonchev–Trinajstić information content (AvgIpc) is 3.14. The van der Waals surface area contributed by atoms with E-state index in [1.54, 1.807) is 24.3 Å². The summed E-state index contributed by atoms with van der Waals surface area (Å²) in [7, 11) is 3.31. The quantitative estimate of drug-likeness (QED) is 0.424. The maximum Gasteiger partial charge on any atom is 0.337 e. The highest BCUT2D eigenvalue weighted by Gasteiger charge is 2.20. The molecule has 4 rings (SSSR count). The Kier molecular flexibility index (Phi) is 4.88. The minimum Gasteiger partial charge on any atom is -0.465 e. The van der Waals surface area contributed by atoms with E-state index in [1.165, 1.54) is 7.11 Å². The molecule has 2 aromatic carbocycles. The van der Waals surface area contributed by atoms with Crippen molar-refractivity contribution in [3.05, 3.63) is 53.1 Å². The monoisotopic (exact) mass is 409 g/mol. The summed E-state index contributed by atoms with van der Waals surface area (Å²) in [6.07, 6.45) is 0. The number of aromatic nitrogens is 2. The van der Waals surface area contributed by atoms with Crippen LogP contribution in [0.15, 0.2) is 46.9 Å². The number of fused-ring (bicyclic) bond motifs is 2. The Bertz CT molecular complexity index is 1230. The van der Waals surface area contributed by atoms with Crippen LogP contribution in [-0.2, 0) is 4.74 Å². The van der Waals surface area contributed by atoms with Crippen molar-refractivity contribution in [3.8, 4) is 11.5 Å². The van der Waals surface area contributed by atoms with E-state index in [0.717, 1.165) is 11.0 Å². The predicted molar refractivity (Wildman–Crippen MR) is 115 cm³/mol. The van der Waals surface area contributed by atoms with E-state index >= 15 is 0 Å². The van der Waals surface area contributed by atoms with Crippen LogP contribution < -0.4 is 4.90 Å². The molecule has 6 nitrogen and oxygen atoms in total. The third kappa shape index (κ3) is 3.51. The molecule has 0 unspecified atom stereocenters. The van der Waals surface area contributed by atoms with Gasteiger partial charge in [0.2, 0.25) is 0 Å². The van der Waals surface area contributed by atoms with Crippen molar-refractivity contribution in [2.75, 3.05) is 19.1 Å². The Balaban J connectivity index is 1.94. The fraction of sp³-hybridized carbons (Fsp3) is 0.227. The SMILES string of the molecule is COC(=O)c1ccc2nc(-c3cc4cc(Cl)ccc4o3)c(N(C)C(C)C)nc2c1. The smallest absolute Gasteiger partial charge is 0.337 e. The zero-order valence-electron chi connectivity index (χ0n) is 16.6. The molecule has 0 saturated heterocycles. The lowest BCUT2D eigenvalue weighted by Gasteiger charge is -2.24. The van der Waals surface area contributed by atoms with Gasteiger partial charge in [-0.3, -0.25) is 0 Å². The number of carbonyl (C=O) groups excluding carboxylic acids is 1. The molecular formula is C22H20ClN3O3. The van der Waals surface area contributed by atoms with Crippen molar-refractivity contribution in [2.45, 2.75) is 19.9 Å². The fourth-order valence-electron chi connectivity index (χ4n) is 3.08. The number of benzene rings is 2. The number of furan rings is 1. The molecule has 4 aromatic rings. The Morgan fingerprint density at radius 3 is 2.62 bits per heavy atom. The number of rotatable bonds is 4. The number of hydrogen-bond donors (Lipinski definition) is 0. The van der Waals surface area contributed by atoms with Crippen molar-refractivity contribution >= 4 is 45.4 Å². The standard InChI is InChI=1S/C22H20ClN3O3/c1-12(2)26(3)21-20(19-11-14-9-15(23)6-8-18(14)29-19)24-16-7-5-13(22(27)28-4)10-17(16)25-21/h5-12H,1-4H3. The number of esters is 1. The van der Waals surface area contributed by atoms with Crippen LogP contribution in [0.3, 0.4) is 0 Å². The largest absolute Gasteiger partial charge is 0.465 e. The van der Waals surface area contributed by atoms with Crippen LogP contribution in [0.25, 0.3) is 33.5 Å². The van der Waals surface area contributed by atoms with E-state index < -0.39 is 5.97 Å². The van der Waals surface area contributed by atoms with Crippen LogP contribution in [0.2, 0.25) is 5.02 Å². The van der Waals surface area contributed by atoms with Gasteiger partial charge in [-0.25, -0.2) is 14.8 Å². The minimum atomic E-state index is -0.411. The van der Waals surface area contributed by atoms with E-state index in [2.05, 4.69) is 13.8 Å². The zero-order valence-corrected chi connectivity index (χ0v) is 17.3. The van der Waals surface area contributed by atoms with Crippen molar-refractivity contribution in [2.24, 2.45) is 0 Å². The maximum atomic E-state index is 11.9. The average molecular weight is 410 g/mol. The highest BCUT2D eigenvalue weighted by Crippen LogP contribution is 2.34. The van der Waals surface area contributed by atoms with E-state index in [1.807, 2.05) is 30.1 Å². The van der Waals surface area contributed by atoms with Crippen molar-refractivity contribution in [1.29, 1.82) is 0 Å². The molecule has 0 amide bonds. The molecule has 0 saturated carbocycles. The predicted octanol–water partition coefficient (Wildman–Crippen LogP) is 5.33. The van der Waals surface area contributed by atoms with Gasteiger partial charge in [-0.15, -0.1) is 0 Å². The van der Waals surface area contributed by atoms with Gasteiger partial charge in [0.1, 0.15) is 11.3 Å². The summed E-state index contributed by atoms with van der Waals surface area (Å²) >= 11 is 6.11. The second-order valence-corrected chi connectivity index (χ2v) is 7.52. The highest BCUT2D eigenvalue weighted by molar-refractivity contribution is 6.31. The summed E-state index contributed by atoms with van der Waals surface area (Å²) < 4.78 is 10.9. The molecule has 0 aliphatic rings. The highest BCUT2D eigenvalue weighted by atomic mass is 35.5. The summed E-state index contributed by atoms with van der Waals surface area (Å²) in [5.41, 5.74) is 3.06. The van der Waals surface area contributed by atoms with E-state index in [9.17, 15) is 4.79 Å². The molecule has 0 N–H and O–H groups in total. The summed E-state index contributed by atoms with van der Waals surface area (Å²) in [6.45, 7) is 4.14. The molecule has 2 heterocycles. The number of nitrogens with zero attached hydrogens (tertiary/aromatic N) is 3. The lowest BCUT2D eigenvalue weighted by atomic mass is 10.1. The number of methoxy groups -OCH3 is 1. The first-order valence-corrected chi connectivity index (χ1v) is 9.57. The third-order valence-electron chi connectivity index (χ3n) is 4.89. The molecule has 29 heavy (non-hydrogen) atoms. The van der Waals surface area contributed by atoms with Gasteiger partial charge in [-0.2, -0.15) is 0 Å². The normalized spacial score (nSPS) is 11.4. The van der Waals surface area contributed by atoms with Gasteiger partial charge in [0, 0.05) is 23.5 Å². The van der Waals surface area contributed by atoms with Gasteiger partial charge in [0.25, 0.3) is 0 Å². The molecule has 0 bridgehead atoms. The molecule has 0 aliphatic heterocycles. The van der Waals surface area contributed by atoms with Crippen LogP contribution in [0.1, 0.15) is 24.2 Å². The van der Waals surface area contributed by atoms with Crippen molar-refractivity contribution in [3.63, 3.8) is 0 Å². The second-order valence-electron chi connectivity index (χ2n) is 7.09. The Labute approximate surface area is 173 Å². The summed E-state index contributed by atoms with van der Waals surface area (Å²) in [5.74, 6) is 0.863. The molecule has 148 valence electrons. The van der Waals surface area contributed by atoms with Crippen LogP contribution >= 0.6 is 11.6 Å². The Morgan fingerprint density at radius 2 is 1.90 bits per heavy atom. The van der Waals surface area contributed by atoms with Gasteiger partial charge in [-0.05, 0) is 56.3 Å². The van der Waals surface area contributed by atoms with E-state index in [0.29, 0.717) is 38.9 Å². The first-order chi connectivity index (χ1) is 13.9. The number of hydrogen-bond acceptors (Lipinski definition) is 6. The summed E-state index contributed by atoms with van der Waals surface area (Å²) in [5, 5.41) is 1.54. The van der Waals surface area contributed by atoms with Gasteiger partial charge in [-0.1, -0.05) is 11.6 Å². The molecular weight excluding hydrogens is 390 g/mol. The van der Waals surface area contributed by atoms with Gasteiger partial charge >= 0.3 is 5.97 Å². The number of anilines is 1. The molecule has 0 aliphatic carbocycles. The summed E-state index contributed by atoms with van der Waals surface area (Å²) in [6, 6.07) is 12.7. The lowest BCUT2D eigenvalue weighted by Crippen LogP contribution is -2.27. The lowest BCUT2D eigenvalue weighted by molar-refractivity contribution is 0.0601. The van der Waals surface area contributed by atoms with Gasteiger partial charge in [0.15, 0.2) is 11.6 Å². The van der Waals surface area contributed by atoms with Crippen LogP contribution in [0, 0.1) is 0 Å². The fourth-order valence-corrected chi connectivity index (χ4v) is 3.26. The summed E-state index contributed by atoms with van der Waals surface area (Å²) in [4.78, 5) is 23.5. The molecule has 2 aromatic heterocycles. The first kappa shape index (κ1) is 19.2. The van der Waals surface area contributed by atoms with Crippen LogP contribution in [0.4, 0.5) is 5.82 Å². The van der Waals surface area contributed by atoms with Crippen molar-refractivity contribution < 1.29 is 13.9 Å².